The molecule has 112 valence electrons. The van der Waals surface area contributed by atoms with E-state index in [0.717, 1.165) is 21.7 Å². The molecule has 1 N–H and O–H groups in total. The summed E-state index contributed by atoms with van der Waals surface area (Å²) < 4.78 is 6.68. The summed E-state index contributed by atoms with van der Waals surface area (Å²) in [5, 5.41) is 4.07. The highest BCUT2D eigenvalue weighted by atomic mass is 79.9. The molecule has 0 radical (unpaired) electrons. The van der Waals surface area contributed by atoms with Gasteiger partial charge in [0.05, 0.1) is 10.2 Å². The number of aromatic nitrogens is 1. The zero-order valence-corrected chi connectivity index (χ0v) is 14.6. The molecule has 0 saturated heterocycles. The number of hydrogen-bond donors (Lipinski definition) is 1. The third-order valence-electron chi connectivity index (χ3n) is 2.71. The van der Waals surface area contributed by atoms with E-state index in [1.54, 1.807) is 18.3 Å². The number of hydrogen-bond acceptors (Lipinski definition) is 3. The molecule has 5 heteroatoms. The van der Waals surface area contributed by atoms with Crippen LogP contribution in [0.3, 0.4) is 0 Å². The van der Waals surface area contributed by atoms with Crippen molar-refractivity contribution in [1.29, 1.82) is 0 Å². The molecular weight excluding hydrogens is 352 g/mol. The van der Waals surface area contributed by atoms with Gasteiger partial charge in [-0.2, -0.15) is 0 Å². The van der Waals surface area contributed by atoms with Gasteiger partial charge in [-0.15, -0.1) is 0 Å². The molecule has 0 aliphatic carbocycles. The summed E-state index contributed by atoms with van der Waals surface area (Å²) >= 11 is 9.37. The van der Waals surface area contributed by atoms with Crippen molar-refractivity contribution in [3.05, 3.63) is 51.7 Å². The van der Waals surface area contributed by atoms with Crippen LogP contribution in [0.4, 0.5) is 0 Å². The smallest absolute Gasteiger partial charge is 0.141 e. The standard InChI is InChI=1S/C16H18BrClN2O/c1-16(2,3)20-10-12-9-13(6-7-19-12)21-15-5-4-11(18)8-14(15)17/h4-9,20H,10H2,1-3H3. The maximum atomic E-state index is 5.93. The summed E-state index contributed by atoms with van der Waals surface area (Å²) in [4.78, 5) is 4.35. The van der Waals surface area contributed by atoms with Crippen LogP contribution < -0.4 is 10.1 Å². The van der Waals surface area contributed by atoms with Gasteiger partial charge < -0.3 is 10.1 Å². The SMILES string of the molecule is CC(C)(C)NCc1cc(Oc2ccc(Cl)cc2Br)ccn1. The van der Waals surface area contributed by atoms with E-state index < -0.39 is 0 Å². The summed E-state index contributed by atoms with van der Waals surface area (Å²) in [6.45, 7) is 7.07. The molecule has 1 heterocycles. The maximum absolute atomic E-state index is 5.93. The van der Waals surface area contributed by atoms with Gasteiger partial charge in [0.2, 0.25) is 0 Å². The first-order chi connectivity index (χ1) is 9.83. The Morgan fingerprint density at radius 3 is 2.67 bits per heavy atom. The van der Waals surface area contributed by atoms with E-state index in [4.69, 9.17) is 16.3 Å². The molecule has 0 spiro atoms. The van der Waals surface area contributed by atoms with Crippen LogP contribution in [0.5, 0.6) is 11.5 Å². The van der Waals surface area contributed by atoms with Crippen molar-refractivity contribution in [2.45, 2.75) is 32.9 Å². The van der Waals surface area contributed by atoms with Gasteiger partial charge in [0.1, 0.15) is 11.5 Å². The van der Waals surface area contributed by atoms with E-state index in [1.165, 1.54) is 0 Å². The lowest BCUT2D eigenvalue weighted by Crippen LogP contribution is -2.35. The highest BCUT2D eigenvalue weighted by molar-refractivity contribution is 9.10. The van der Waals surface area contributed by atoms with Crippen LogP contribution in [-0.4, -0.2) is 10.5 Å². The van der Waals surface area contributed by atoms with Crippen LogP contribution in [0.15, 0.2) is 41.0 Å². The molecule has 0 aliphatic rings. The van der Waals surface area contributed by atoms with E-state index >= 15 is 0 Å². The Morgan fingerprint density at radius 1 is 1.24 bits per heavy atom. The molecule has 0 amide bonds. The summed E-state index contributed by atoms with van der Waals surface area (Å²) in [5.41, 5.74) is 0.991. The summed E-state index contributed by atoms with van der Waals surface area (Å²) in [6.07, 6.45) is 1.75. The molecule has 0 bridgehead atoms. The summed E-state index contributed by atoms with van der Waals surface area (Å²) in [5.74, 6) is 1.47. The van der Waals surface area contributed by atoms with Crippen molar-refractivity contribution < 1.29 is 4.74 Å². The highest BCUT2D eigenvalue weighted by Gasteiger charge is 2.10. The predicted molar refractivity (Wildman–Crippen MR) is 90.1 cm³/mol. The number of rotatable bonds is 4. The third-order valence-corrected chi connectivity index (χ3v) is 3.56. The van der Waals surface area contributed by atoms with E-state index in [-0.39, 0.29) is 5.54 Å². The Kier molecular flexibility index (Phi) is 5.25. The number of nitrogens with zero attached hydrogens (tertiary/aromatic N) is 1. The molecule has 21 heavy (non-hydrogen) atoms. The van der Waals surface area contributed by atoms with Gasteiger partial charge in [-0.3, -0.25) is 4.98 Å². The zero-order valence-electron chi connectivity index (χ0n) is 12.3. The minimum Gasteiger partial charge on any atom is -0.456 e. The topological polar surface area (TPSA) is 34.1 Å². The average Bonchev–Trinajstić information content (AvgIpc) is 2.39. The highest BCUT2D eigenvalue weighted by Crippen LogP contribution is 2.31. The van der Waals surface area contributed by atoms with Crippen LogP contribution in [0.25, 0.3) is 0 Å². The van der Waals surface area contributed by atoms with Crippen LogP contribution in [0, 0.1) is 0 Å². The van der Waals surface area contributed by atoms with Crippen LogP contribution in [0.2, 0.25) is 5.02 Å². The van der Waals surface area contributed by atoms with E-state index in [0.29, 0.717) is 11.6 Å². The second-order valence-corrected chi connectivity index (χ2v) is 7.05. The molecule has 2 aromatic rings. The van der Waals surface area contributed by atoms with Crippen molar-refractivity contribution >= 4 is 27.5 Å². The van der Waals surface area contributed by atoms with Gasteiger partial charge in [-0.25, -0.2) is 0 Å². The Labute approximate surface area is 138 Å². The van der Waals surface area contributed by atoms with Crippen molar-refractivity contribution in [2.75, 3.05) is 0 Å². The first-order valence-electron chi connectivity index (χ1n) is 6.66. The fourth-order valence-electron chi connectivity index (χ4n) is 1.66. The maximum Gasteiger partial charge on any atom is 0.141 e. The average molecular weight is 370 g/mol. The summed E-state index contributed by atoms with van der Waals surface area (Å²) in [7, 11) is 0. The second-order valence-electron chi connectivity index (χ2n) is 5.76. The van der Waals surface area contributed by atoms with Crippen LogP contribution >= 0.6 is 27.5 Å². The third kappa shape index (κ3) is 5.30. The molecule has 2 rings (SSSR count). The molecule has 1 aromatic carbocycles. The quantitative estimate of drug-likeness (QED) is 0.806. The normalized spacial score (nSPS) is 11.5. The predicted octanol–water partition coefficient (Wildman–Crippen LogP) is 5.18. The van der Waals surface area contributed by atoms with E-state index in [1.807, 2.05) is 18.2 Å². The lowest BCUT2D eigenvalue weighted by atomic mass is 10.1. The van der Waals surface area contributed by atoms with E-state index in [2.05, 4.69) is 47.0 Å². The van der Waals surface area contributed by atoms with Crippen molar-refractivity contribution in [3.8, 4) is 11.5 Å². The van der Waals surface area contributed by atoms with Gasteiger partial charge in [-0.1, -0.05) is 11.6 Å². The monoisotopic (exact) mass is 368 g/mol. The van der Waals surface area contributed by atoms with Gasteiger partial charge in [0.15, 0.2) is 0 Å². The Morgan fingerprint density at radius 2 is 2.00 bits per heavy atom. The molecule has 0 saturated carbocycles. The van der Waals surface area contributed by atoms with Crippen molar-refractivity contribution in [2.24, 2.45) is 0 Å². The molecule has 0 unspecified atom stereocenters. The molecule has 0 fully saturated rings. The van der Waals surface area contributed by atoms with Crippen molar-refractivity contribution in [1.82, 2.24) is 10.3 Å². The molecule has 1 aromatic heterocycles. The fourth-order valence-corrected chi connectivity index (χ4v) is 2.42. The minimum atomic E-state index is 0.0533. The van der Waals surface area contributed by atoms with Gasteiger partial charge >= 0.3 is 0 Å². The Bertz CT molecular complexity index is 626. The minimum absolute atomic E-state index is 0.0533. The Hall–Kier alpha value is -1.10. The number of benzene rings is 1. The number of nitrogens with one attached hydrogen (secondary N) is 1. The van der Waals surface area contributed by atoms with Gasteiger partial charge in [-0.05, 0) is 61.0 Å². The number of pyridine rings is 1. The molecule has 0 atom stereocenters. The zero-order chi connectivity index (χ0) is 15.5. The van der Waals surface area contributed by atoms with Crippen molar-refractivity contribution in [3.63, 3.8) is 0 Å². The summed E-state index contributed by atoms with van der Waals surface area (Å²) in [6, 6.07) is 9.20. The van der Waals surface area contributed by atoms with Gasteiger partial charge in [0, 0.05) is 29.4 Å². The fraction of sp³-hybridized carbons (Fsp3) is 0.312. The first kappa shape index (κ1) is 16.3. The van der Waals surface area contributed by atoms with Crippen LogP contribution in [0.1, 0.15) is 26.5 Å². The molecule has 3 nitrogen and oxygen atoms in total. The number of halogens is 2. The lowest BCUT2D eigenvalue weighted by molar-refractivity contribution is 0.419. The molecular formula is C16H18BrClN2O. The Balaban J connectivity index is 2.10. The van der Waals surface area contributed by atoms with Gasteiger partial charge in [0.25, 0.3) is 0 Å². The molecule has 0 aliphatic heterocycles. The first-order valence-corrected chi connectivity index (χ1v) is 7.83. The van der Waals surface area contributed by atoms with Crippen LogP contribution in [-0.2, 0) is 6.54 Å². The van der Waals surface area contributed by atoms with E-state index in [9.17, 15) is 0 Å². The number of ether oxygens (including phenoxy) is 1. The lowest BCUT2D eigenvalue weighted by Gasteiger charge is -2.20. The second kappa shape index (κ2) is 6.77. The largest absolute Gasteiger partial charge is 0.456 e.